The van der Waals surface area contributed by atoms with Gasteiger partial charge in [0, 0.05) is 6.42 Å². The zero-order valence-corrected chi connectivity index (χ0v) is 8.55. The number of aliphatic carboxylic acids is 3. The molecule has 4 N–H and O–H groups in total. The maximum Gasteiger partial charge on any atom is 0.306 e. The third kappa shape index (κ3) is 6.77. The van der Waals surface area contributed by atoms with Crippen LogP contribution >= 0.6 is 0 Å². The van der Waals surface area contributed by atoms with Crippen LogP contribution in [0.25, 0.3) is 0 Å². The average molecular weight is 234 g/mol. The minimum Gasteiger partial charge on any atom is -0.481 e. The number of carboxylic acids is 3. The maximum atomic E-state index is 10.4. The number of carboxylic acid groups (broad SMARTS) is 3. The van der Waals surface area contributed by atoms with Gasteiger partial charge in [0.1, 0.15) is 0 Å². The van der Waals surface area contributed by atoms with Crippen LogP contribution in [0.3, 0.4) is 0 Å². The molecule has 0 aromatic carbocycles. The molecule has 0 aliphatic rings. The van der Waals surface area contributed by atoms with Gasteiger partial charge in [0.2, 0.25) is 0 Å². The Morgan fingerprint density at radius 2 is 1.31 bits per heavy atom. The van der Waals surface area contributed by atoms with Gasteiger partial charge in [-0.1, -0.05) is 0 Å². The van der Waals surface area contributed by atoms with Crippen LogP contribution in [0.1, 0.15) is 32.1 Å². The van der Waals surface area contributed by atoms with Crippen LogP contribution in [0, 0.1) is 0 Å². The van der Waals surface area contributed by atoms with Gasteiger partial charge in [-0.3, -0.25) is 14.4 Å². The zero-order valence-electron chi connectivity index (χ0n) is 8.55. The predicted molar refractivity (Wildman–Crippen MR) is 50.9 cm³/mol. The lowest BCUT2D eigenvalue weighted by atomic mass is 9.89. The van der Waals surface area contributed by atoms with Gasteiger partial charge in [0.05, 0.1) is 18.4 Å². The Morgan fingerprint density at radius 1 is 0.875 bits per heavy atom. The first-order chi connectivity index (χ1) is 7.25. The number of hydrogen-bond acceptors (Lipinski definition) is 4. The topological polar surface area (TPSA) is 132 Å². The highest BCUT2D eigenvalue weighted by Gasteiger charge is 2.32. The number of aliphatic hydroxyl groups is 1. The van der Waals surface area contributed by atoms with E-state index in [0.717, 1.165) is 0 Å². The zero-order chi connectivity index (χ0) is 12.8. The van der Waals surface area contributed by atoms with Crippen LogP contribution in [0.4, 0.5) is 0 Å². The Morgan fingerprint density at radius 3 is 1.62 bits per heavy atom. The summed E-state index contributed by atoms with van der Waals surface area (Å²) >= 11 is 0. The third-order valence-electron chi connectivity index (χ3n) is 1.99. The van der Waals surface area contributed by atoms with Gasteiger partial charge in [-0.2, -0.15) is 0 Å². The summed E-state index contributed by atoms with van der Waals surface area (Å²) in [7, 11) is 0. The van der Waals surface area contributed by atoms with E-state index in [1.54, 1.807) is 0 Å². The lowest BCUT2D eigenvalue weighted by Gasteiger charge is -2.24. The van der Waals surface area contributed by atoms with Crippen molar-refractivity contribution in [3.05, 3.63) is 0 Å². The van der Waals surface area contributed by atoms with Crippen molar-refractivity contribution in [2.24, 2.45) is 0 Å². The molecule has 0 aromatic rings. The molecule has 0 atom stereocenters. The fourth-order valence-electron chi connectivity index (χ4n) is 1.37. The molecule has 0 spiro atoms. The highest BCUT2D eigenvalue weighted by Crippen LogP contribution is 2.22. The second-order valence-corrected chi connectivity index (χ2v) is 3.61. The molecule has 0 aliphatic carbocycles. The smallest absolute Gasteiger partial charge is 0.306 e. The second kappa shape index (κ2) is 6.06. The van der Waals surface area contributed by atoms with Gasteiger partial charge < -0.3 is 20.4 Å². The summed E-state index contributed by atoms with van der Waals surface area (Å²) in [4.78, 5) is 31.1. The highest BCUT2D eigenvalue weighted by molar-refractivity contribution is 5.72. The van der Waals surface area contributed by atoms with E-state index in [1.807, 2.05) is 0 Å². The molecule has 7 nitrogen and oxygen atoms in total. The molecule has 0 aromatic heterocycles. The fraction of sp³-hybridized carbons (Fsp3) is 0.667. The Labute approximate surface area is 91.3 Å². The first kappa shape index (κ1) is 14.4. The highest BCUT2D eigenvalue weighted by atomic mass is 16.4. The minimum absolute atomic E-state index is 0.0341. The monoisotopic (exact) mass is 234 g/mol. The molecule has 0 unspecified atom stereocenters. The molecule has 0 heterocycles. The molecular weight excluding hydrogens is 220 g/mol. The van der Waals surface area contributed by atoms with Crippen molar-refractivity contribution >= 4 is 17.9 Å². The first-order valence-corrected chi connectivity index (χ1v) is 4.63. The number of rotatable bonds is 8. The summed E-state index contributed by atoms with van der Waals surface area (Å²) < 4.78 is 0. The van der Waals surface area contributed by atoms with Gasteiger partial charge in [0.15, 0.2) is 0 Å². The molecule has 7 heteroatoms. The molecule has 16 heavy (non-hydrogen) atoms. The van der Waals surface area contributed by atoms with Crippen LogP contribution < -0.4 is 0 Å². The van der Waals surface area contributed by atoms with Crippen molar-refractivity contribution in [2.45, 2.75) is 37.7 Å². The van der Waals surface area contributed by atoms with Crippen molar-refractivity contribution in [2.75, 3.05) is 0 Å². The second-order valence-electron chi connectivity index (χ2n) is 3.61. The van der Waals surface area contributed by atoms with E-state index in [9.17, 15) is 19.5 Å². The van der Waals surface area contributed by atoms with Gasteiger partial charge >= 0.3 is 17.9 Å². The van der Waals surface area contributed by atoms with Crippen molar-refractivity contribution in [1.82, 2.24) is 0 Å². The Bertz CT molecular complexity index is 268. The molecule has 0 radical (unpaired) electrons. The maximum absolute atomic E-state index is 10.4. The summed E-state index contributed by atoms with van der Waals surface area (Å²) in [6, 6.07) is 0. The summed E-state index contributed by atoms with van der Waals surface area (Å²) in [5, 5.41) is 35.1. The summed E-state index contributed by atoms with van der Waals surface area (Å²) in [6.07, 6.45) is -1.79. The molecule has 0 amide bonds. The largest absolute Gasteiger partial charge is 0.481 e. The van der Waals surface area contributed by atoms with E-state index in [4.69, 9.17) is 15.3 Å². The molecule has 0 saturated carbocycles. The van der Waals surface area contributed by atoms with E-state index in [2.05, 4.69) is 0 Å². The van der Waals surface area contributed by atoms with Crippen LogP contribution in [0.2, 0.25) is 0 Å². The number of carbonyl (C=O) groups is 3. The normalized spacial score (nSPS) is 11.1. The standard InChI is InChI=1S/C9H14O7/c10-6(11)2-1-3-9(16,4-7(12)13)5-8(14)15/h16H,1-5H2,(H,10,11)(H,12,13)(H,14,15). The van der Waals surface area contributed by atoms with E-state index < -0.39 is 36.4 Å². The van der Waals surface area contributed by atoms with Gasteiger partial charge in [-0.15, -0.1) is 0 Å². The van der Waals surface area contributed by atoms with E-state index in [0.29, 0.717) is 0 Å². The third-order valence-corrected chi connectivity index (χ3v) is 1.99. The Kier molecular flexibility index (Phi) is 5.44. The predicted octanol–water partition coefficient (Wildman–Crippen LogP) is -0.0782. The van der Waals surface area contributed by atoms with Crippen LogP contribution in [0.15, 0.2) is 0 Å². The lowest BCUT2D eigenvalue weighted by Crippen LogP contribution is -2.34. The Hall–Kier alpha value is -1.63. The van der Waals surface area contributed by atoms with Crippen molar-refractivity contribution in [1.29, 1.82) is 0 Å². The van der Waals surface area contributed by atoms with E-state index >= 15 is 0 Å². The Balaban J connectivity index is 4.34. The van der Waals surface area contributed by atoms with Crippen molar-refractivity contribution in [3.63, 3.8) is 0 Å². The van der Waals surface area contributed by atoms with Gasteiger partial charge in [-0.05, 0) is 12.8 Å². The molecule has 0 aliphatic heterocycles. The minimum atomic E-state index is -1.88. The molecular formula is C9H14O7. The van der Waals surface area contributed by atoms with E-state index in [-0.39, 0.29) is 19.3 Å². The SMILES string of the molecule is O=C(O)CCCC(O)(CC(=O)O)CC(=O)O. The summed E-state index contributed by atoms with van der Waals surface area (Å²) in [6.45, 7) is 0. The van der Waals surface area contributed by atoms with Crippen molar-refractivity contribution < 1.29 is 34.8 Å². The van der Waals surface area contributed by atoms with Crippen LogP contribution in [0.5, 0.6) is 0 Å². The summed E-state index contributed by atoms with van der Waals surface area (Å²) in [5.41, 5.74) is -1.88. The molecule has 0 fully saturated rings. The van der Waals surface area contributed by atoms with Crippen molar-refractivity contribution in [3.8, 4) is 0 Å². The molecule has 0 bridgehead atoms. The van der Waals surface area contributed by atoms with Crippen LogP contribution in [-0.4, -0.2) is 43.9 Å². The van der Waals surface area contributed by atoms with Crippen LogP contribution in [-0.2, 0) is 14.4 Å². The van der Waals surface area contributed by atoms with E-state index in [1.165, 1.54) is 0 Å². The number of hydrogen-bond donors (Lipinski definition) is 4. The molecule has 0 rings (SSSR count). The van der Waals surface area contributed by atoms with Gasteiger partial charge in [0.25, 0.3) is 0 Å². The molecule has 0 saturated heterocycles. The molecule has 92 valence electrons. The summed E-state index contributed by atoms with van der Waals surface area (Å²) in [5.74, 6) is -3.72. The lowest BCUT2D eigenvalue weighted by molar-refractivity contribution is -0.149. The first-order valence-electron chi connectivity index (χ1n) is 4.63. The quantitative estimate of drug-likeness (QED) is 0.461. The fourth-order valence-corrected chi connectivity index (χ4v) is 1.37. The van der Waals surface area contributed by atoms with Gasteiger partial charge in [-0.25, -0.2) is 0 Å². The average Bonchev–Trinajstić information content (AvgIpc) is 1.98.